The second kappa shape index (κ2) is 9.94. The van der Waals surface area contributed by atoms with Crippen LogP contribution >= 0.6 is 7.26 Å². The minimum absolute atomic E-state index is 0. The Labute approximate surface area is 186 Å². The van der Waals surface area contributed by atoms with Crippen molar-refractivity contribution >= 4 is 23.2 Å². The summed E-state index contributed by atoms with van der Waals surface area (Å²) in [5.74, 6) is 0.954. The topological polar surface area (TPSA) is 9.23 Å². The van der Waals surface area contributed by atoms with E-state index in [1.54, 1.807) is 7.11 Å². The van der Waals surface area contributed by atoms with Gasteiger partial charge in [-0.05, 0) is 60.5 Å². The van der Waals surface area contributed by atoms with Gasteiger partial charge in [-0.3, -0.25) is 0 Å². The molecule has 1 nitrogen and oxygen atoms in total. The van der Waals surface area contributed by atoms with Crippen molar-refractivity contribution in [3.05, 3.63) is 120 Å². The molecular weight excluding hydrogens is 407 g/mol. The van der Waals surface area contributed by atoms with E-state index >= 15 is 0 Å². The maximum absolute atomic E-state index is 5.63. The lowest BCUT2D eigenvalue weighted by atomic mass is 10.1. The van der Waals surface area contributed by atoms with Crippen molar-refractivity contribution in [1.29, 1.82) is 0 Å². The number of methoxy groups -OCH3 is 1. The Morgan fingerprint density at radius 2 is 1.03 bits per heavy atom. The zero-order chi connectivity index (χ0) is 20.1. The van der Waals surface area contributed by atoms with Gasteiger partial charge in [0.05, 0.1) is 13.3 Å². The molecule has 0 aliphatic heterocycles. The predicted octanol–water partition coefficient (Wildman–Crippen LogP) is 2.50. The Morgan fingerprint density at radius 1 is 0.600 bits per heavy atom. The summed E-state index contributed by atoms with van der Waals surface area (Å²) in [5.41, 5.74) is 2.57. The van der Waals surface area contributed by atoms with Crippen molar-refractivity contribution in [3.63, 3.8) is 0 Å². The van der Waals surface area contributed by atoms with Crippen LogP contribution in [0.2, 0.25) is 0 Å². The van der Waals surface area contributed by atoms with Gasteiger partial charge in [0.15, 0.2) is 0 Å². The first-order chi connectivity index (χ1) is 14.3. The SMILES string of the molecule is COc1cccc(C[P+](c2ccccc2)(c2ccccc2)c2ccccc2)c1C.[Cl-]. The second-order valence-electron chi connectivity index (χ2n) is 7.22. The number of hydrogen-bond acceptors (Lipinski definition) is 1. The summed E-state index contributed by atoms with van der Waals surface area (Å²) in [6.07, 6.45) is 0.966. The smallest absolute Gasteiger partial charge is 0.122 e. The van der Waals surface area contributed by atoms with Crippen LogP contribution in [0.1, 0.15) is 11.1 Å². The van der Waals surface area contributed by atoms with Crippen LogP contribution in [0, 0.1) is 6.92 Å². The van der Waals surface area contributed by atoms with Crippen LogP contribution in [0.25, 0.3) is 0 Å². The van der Waals surface area contributed by atoms with Gasteiger partial charge in [0.2, 0.25) is 0 Å². The predicted molar refractivity (Wildman–Crippen MR) is 127 cm³/mol. The molecule has 0 saturated heterocycles. The zero-order valence-electron chi connectivity index (χ0n) is 17.3. The standard InChI is InChI=1S/C27H26OP.ClH/c1-22-23(13-12-20-27(22)28-2)21-29(24-14-6-3-7-15-24,25-16-8-4-9-17-25)26-18-10-5-11-19-26;/h3-20H,21H2,1-2H3;1H/q+1;/p-1. The molecule has 0 bridgehead atoms. The molecule has 0 aliphatic carbocycles. The molecule has 0 spiro atoms. The van der Waals surface area contributed by atoms with Gasteiger partial charge >= 0.3 is 0 Å². The minimum atomic E-state index is -1.89. The molecule has 0 radical (unpaired) electrons. The van der Waals surface area contributed by atoms with Gasteiger partial charge in [-0.1, -0.05) is 66.7 Å². The summed E-state index contributed by atoms with van der Waals surface area (Å²) in [4.78, 5) is 0. The fourth-order valence-corrected chi connectivity index (χ4v) is 8.42. The highest BCUT2D eigenvalue weighted by atomic mass is 35.5. The summed E-state index contributed by atoms with van der Waals surface area (Å²) < 4.78 is 5.63. The number of hydrogen-bond donors (Lipinski definition) is 0. The highest BCUT2D eigenvalue weighted by molar-refractivity contribution is 7.95. The molecule has 4 aromatic rings. The lowest BCUT2D eigenvalue weighted by Crippen LogP contribution is -3.00. The summed E-state index contributed by atoms with van der Waals surface area (Å²) in [7, 11) is -0.138. The van der Waals surface area contributed by atoms with E-state index < -0.39 is 7.26 Å². The van der Waals surface area contributed by atoms with E-state index in [9.17, 15) is 0 Å². The molecule has 4 rings (SSSR count). The normalized spacial score (nSPS) is 10.9. The molecule has 3 heteroatoms. The van der Waals surface area contributed by atoms with Crippen molar-refractivity contribution in [3.8, 4) is 5.75 Å². The molecule has 0 atom stereocenters. The summed E-state index contributed by atoms with van der Waals surface area (Å²) in [5, 5.41) is 4.21. The van der Waals surface area contributed by atoms with Gasteiger partial charge in [0, 0.05) is 0 Å². The molecule has 4 aromatic carbocycles. The van der Waals surface area contributed by atoms with E-state index in [4.69, 9.17) is 4.74 Å². The van der Waals surface area contributed by atoms with Crippen molar-refractivity contribution in [2.75, 3.05) is 7.11 Å². The third-order valence-electron chi connectivity index (χ3n) is 5.61. The molecule has 0 aliphatic rings. The Kier molecular flexibility index (Phi) is 7.32. The Hall–Kier alpha value is -2.60. The molecule has 0 aromatic heterocycles. The van der Waals surface area contributed by atoms with Gasteiger partial charge in [0.1, 0.15) is 28.9 Å². The average molecular weight is 433 g/mol. The van der Waals surface area contributed by atoms with Crippen LogP contribution in [-0.4, -0.2) is 7.11 Å². The molecular formula is C27H26ClOP. The third kappa shape index (κ3) is 4.15. The zero-order valence-corrected chi connectivity index (χ0v) is 19.0. The van der Waals surface area contributed by atoms with Gasteiger partial charge < -0.3 is 17.1 Å². The first-order valence-corrected chi connectivity index (χ1v) is 11.9. The van der Waals surface area contributed by atoms with E-state index in [2.05, 4.69) is 110 Å². The number of ether oxygens (including phenoxy) is 1. The third-order valence-corrected chi connectivity index (χ3v) is 9.97. The Bertz CT molecular complexity index is 969. The van der Waals surface area contributed by atoms with Crippen LogP contribution in [-0.2, 0) is 6.16 Å². The van der Waals surface area contributed by atoms with E-state index in [1.807, 2.05) is 6.07 Å². The van der Waals surface area contributed by atoms with Crippen LogP contribution in [0.15, 0.2) is 109 Å². The van der Waals surface area contributed by atoms with Crippen molar-refractivity contribution in [2.45, 2.75) is 13.1 Å². The molecule has 0 saturated carbocycles. The monoisotopic (exact) mass is 432 g/mol. The lowest BCUT2D eigenvalue weighted by Gasteiger charge is -2.28. The summed E-state index contributed by atoms with van der Waals surface area (Å²) in [6.45, 7) is 2.17. The minimum Gasteiger partial charge on any atom is -1.00 e. The number of rotatable bonds is 6. The lowest BCUT2D eigenvalue weighted by molar-refractivity contribution is -0.00000601. The van der Waals surface area contributed by atoms with Crippen LogP contribution in [0.4, 0.5) is 0 Å². The van der Waals surface area contributed by atoms with Gasteiger partial charge in [-0.15, -0.1) is 0 Å². The molecule has 0 unspecified atom stereocenters. The highest BCUT2D eigenvalue weighted by Gasteiger charge is 2.45. The number of halogens is 1. The fraction of sp³-hybridized carbons (Fsp3) is 0.111. The largest absolute Gasteiger partial charge is 1.00 e. The summed E-state index contributed by atoms with van der Waals surface area (Å²) in [6, 6.07) is 39.5. The molecule has 0 amide bonds. The maximum Gasteiger partial charge on any atom is 0.122 e. The second-order valence-corrected chi connectivity index (χ2v) is 10.7. The number of benzene rings is 4. The fourth-order valence-electron chi connectivity index (χ4n) is 4.08. The van der Waals surface area contributed by atoms with Crippen LogP contribution in [0.5, 0.6) is 5.75 Å². The van der Waals surface area contributed by atoms with E-state index in [1.165, 1.54) is 27.0 Å². The van der Waals surface area contributed by atoms with Crippen molar-refractivity contribution in [2.24, 2.45) is 0 Å². The first kappa shape index (κ1) is 22.1. The van der Waals surface area contributed by atoms with Crippen molar-refractivity contribution < 1.29 is 17.1 Å². The molecule has 30 heavy (non-hydrogen) atoms. The van der Waals surface area contributed by atoms with E-state index in [-0.39, 0.29) is 12.4 Å². The van der Waals surface area contributed by atoms with Gasteiger partial charge in [0.25, 0.3) is 0 Å². The molecule has 0 heterocycles. The Balaban J connectivity index is 0.00000256. The van der Waals surface area contributed by atoms with Crippen molar-refractivity contribution in [1.82, 2.24) is 0 Å². The Morgan fingerprint density at radius 3 is 1.43 bits per heavy atom. The van der Waals surface area contributed by atoms with Gasteiger partial charge in [-0.25, -0.2) is 0 Å². The molecule has 0 N–H and O–H groups in total. The summed E-state index contributed by atoms with van der Waals surface area (Å²) >= 11 is 0. The highest BCUT2D eigenvalue weighted by Crippen LogP contribution is 2.58. The molecule has 0 fully saturated rings. The van der Waals surface area contributed by atoms with E-state index in [0.29, 0.717) is 0 Å². The quantitative estimate of drug-likeness (QED) is 0.425. The van der Waals surface area contributed by atoms with Gasteiger partial charge in [-0.2, -0.15) is 0 Å². The molecule has 152 valence electrons. The van der Waals surface area contributed by atoms with E-state index in [0.717, 1.165) is 11.9 Å². The first-order valence-electron chi connectivity index (χ1n) is 9.93. The van der Waals surface area contributed by atoms with Crippen LogP contribution < -0.4 is 33.1 Å². The van der Waals surface area contributed by atoms with Crippen LogP contribution in [0.3, 0.4) is 0 Å². The maximum atomic E-state index is 5.63. The average Bonchev–Trinajstić information content (AvgIpc) is 2.80.